The molecule has 0 aliphatic carbocycles. The molecule has 3 aromatic rings. The minimum atomic E-state index is -0.996. The second kappa shape index (κ2) is 14.2. The maximum atomic E-state index is 13.9. The minimum Gasteiger partial charge on any atom is -0.467 e. The third-order valence-corrected chi connectivity index (χ3v) is 8.45. The number of rotatable bonds is 11. The number of H-pyrrole nitrogens is 1. The van der Waals surface area contributed by atoms with Crippen LogP contribution in [0.2, 0.25) is 0 Å². The van der Waals surface area contributed by atoms with Crippen molar-refractivity contribution in [2.24, 2.45) is 0 Å². The van der Waals surface area contributed by atoms with Crippen molar-refractivity contribution in [3.8, 4) is 0 Å². The molecule has 2 saturated heterocycles. The van der Waals surface area contributed by atoms with Gasteiger partial charge in [-0.25, -0.2) is 4.79 Å². The number of fused-ring (bicyclic) bond motifs is 1. The van der Waals surface area contributed by atoms with E-state index in [-0.39, 0.29) is 31.1 Å². The largest absolute Gasteiger partial charge is 0.467 e. The van der Waals surface area contributed by atoms with Crippen molar-refractivity contribution in [3.63, 3.8) is 0 Å². The average Bonchev–Trinajstić information content (AvgIpc) is 3.82. The number of nitrogens with one attached hydrogen (secondary N) is 3. The minimum absolute atomic E-state index is 0.112. The van der Waals surface area contributed by atoms with Crippen LogP contribution in [0.25, 0.3) is 10.9 Å². The van der Waals surface area contributed by atoms with Gasteiger partial charge in [-0.15, -0.1) is 0 Å². The van der Waals surface area contributed by atoms with Gasteiger partial charge >= 0.3 is 11.9 Å². The van der Waals surface area contributed by atoms with Gasteiger partial charge in [0.1, 0.15) is 24.2 Å². The molecule has 2 fully saturated rings. The van der Waals surface area contributed by atoms with Crippen LogP contribution in [-0.2, 0) is 39.9 Å². The lowest BCUT2D eigenvalue weighted by atomic mass is 10.0. The number of likely N-dealkylation sites (N-methyl/N-ethyl adjacent to an activating group) is 1. The first-order valence-corrected chi connectivity index (χ1v) is 15.1. The van der Waals surface area contributed by atoms with Gasteiger partial charge in [0, 0.05) is 74.6 Å². The van der Waals surface area contributed by atoms with Gasteiger partial charge < -0.3 is 34.9 Å². The zero-order valence-electron chi connectivity index (χ0n) is 25.4. The molecule has 0 saturated carbocycles. The van der Waals surface area contributed by atoms with Crippen LogP contribution in [0.4, 0.5) is 5.69 Å². The van der Waals surface area contributed by atoms with Gasteiger partial charge in [-0.3, -0.25) is 24.2 Å². The van der Waals surface area contributed by atoms with Crippen molar-refractivity contribution in [1.29, 1.82) is 0 Å². The van der Waals surface area contributed by atoms with Crippen LogP contribution in [0.5, 0.6) is 0 Å². The van der Waals surface area contributed by atoms with E-state index in [0.717, 1.165) is 16.5 Å². The maximum absolute atomic E-state index is 13.9. The Hall–Kier alpha value is -4.94. The summed E-state index contributed by atoms with van der Waals surface area (Å²) in [6.45, 7) is 0.865. The Morgan fingerprint density at radius 1 is 1.02 bits per heavy atom. The molecule has 13 heteroatoms. The number of benzene rings is 1. The lowest BCUT2D eigenvalue weighted by Gasteiger charge is -2.30. The average molecular weight is 619 g/mol. The Kier molecular flexibility index (Phi) is 9.95. The highest BCUT2D eigenvalue weighted by Gasteiger charge is 2.43. The molecule has 4 heterocycles. The van der Waals surface area contributed by atoms with E-state index in [1.807, 2.05) is 29.2 Å². The zero-order chi connectivity index (χ0) is 31.9. The number of methoxy groups -OCH3 is 1. The number of pyridine rings is 1. The van der Waals surface area contributed by atoms with Crippen molar-refractivity contribution in [2.45, 2.75) is 62.8 Å². The molecule has 3 amide bonds. The fraction of sp³-hybridized carbons (Fsp3) is 0.438. The zero-order valence-corrected chi connectivity index (χ0v) is 25.4. The number of esters is 2. The third-order valence-electron chi connectivity index (χ3n) is 8.45. The first-order chi connectivity index (χ1) is 21.8. The van der Waals surface area contributed by atoms with Crippen LogP contribution in [0.1, 0.15) is 37.7 Å². The number of hydrogen-bond acceptors (Lipinski definition) is 9. The molecule has 2 aliphatic rings. The Morgan fingerprint density at radius 2 is 1.80 bits per heavy atom. The number of para-hydroxylation sites is 1. The number of anilines is 1. The molecule has 45 heavy (non-hydrogen) atoms. The van der Waals surface area contributed by atoms with Gasteiger partial charge in [-0.2, -0.15) is 0 Å². The van der Waals surface area contributed by atoms with E-state index >= 15 is 0 Å². The van der Waals surface area contributed by atoms with E-state index in [2.05, 4.69) is 20.6 Å². The van der Waals surface area contributed by atoms with Crippen molar-refractivity contribution >= 4 is 46.3 Å². The standard InChI is InChI=1S/C32H38N6O7/c1-33-30(41)25-8-5-16-38(25)27(39)9-10-28(40)45-26-13-17-37(21-11-14-34-15-12-21)29(26)31(42)36-24(32(43)44-2)18-20-19-35-23-7-4-3-6-22(20)23/h3-4,6-7,11-12,14-15,19,24-26,29,35H,5,8-10,13,16-18H2,1-2H3,(H,33,41)(H,36,42)/t24-,25-,26-,29-/m0/s1. The van der Waals surface area contributed by atoms with Gasteiger partial charge in [-0.1, -0.05) is 18.2 Å². The molecule has 3 N–H and O–H groups in total. The summed E-state index contributed by atoms with van der Waals surface area (Å²) in [5, 5.41) is 6.36. The molecular weight excluding hydrogens is 580 g/mol. The molecule has 13 nitrogen and oxygen atoms in total. The number of nitrogens with zero attached hydrogens (tertiary/aromatic N) is 3. The predicted octanol–water partition coefficient (Wildman–Crippen LogP) is 1.47. The van der Waals surface area contributed by atoms with E-state index in [9.17, 15) is 24.0 Å². The second-order valence-electron chi connectivity index (χ2n) is 11.2. The topological polar surface area (TPSA) is 163 Å². The third kappa shape index (κ3) is 7.08. The highest BCUT2D eigenvalue weighted by molar-refractivity contribution is 5.92. The van der Waals surface area contributed by atoms with Gasteiger partial charge in [-0.05, 0) is 36.6 Å². The number of carbonyl (C=O) groups excluding carboxylic acids is 5. The highest BCUT2D eigenvalue weighted by atomic mass is 16.5. The summed E-state index contributed by atoms with van der Waals surface area (Å²) >= 11 is 0. The van der Waals surface area contributed by atoms with Gasteiger partial charge in [0.2, 0.25) is 17.7 Å². The number of amides is 3. The van der Waals surface area contributed by atoms with Crippen LogP contribution in [-0.4, -0.2) is 96.0 Å². The van der Waals surface area contributed by atoms with Crippen molar-refractivity contribution in [3.05, 3.63) is 60.6 Å². The van der Waals surface area contributed by atoms with Crippen LogP contribution < -0.4 is 15.5 Å². The van der Waals surface area contributed by atoms with Crippen molar-refractivity contribution < 1.29 is 33.4 Å². The van der Waals surface area contributed by atoms with Crippen molar-refractivity contribution in [2.75, 3.05) is 32.1 Å². The Bertz CT molecular complexity index is 1540. The summed E-state index contributed by atoms with van der Waals surface area (Å²) in [7, 11) is 2.79. The van der Waals surface area contributed by atoms with Gasteiger partial charge in [0.25, 0.3) is 0 Å². The van der Waals surface area contributed by atoms with E-state index < -0.39 is 42.1 Å². The molecule has 1 aromatic carbocycles. The van der Waals surface area contributed by atoms with Gasteiger partial charge in [0.05, 0.1) is 13.5 Å². The van der Waals surface area contributed by atoms with Crippen LogP contribution >= 0.6 is 0 Å². The molecule has 5 rings (SSSR count). The fourth-order valence-corrected chi connectivity index (χ4v) is 6.22. The van der Waals surface area contributed by atoms with E-state index in [1.54, 1.807) is 30.7 Å². The number of likely N-dealkylation sites (tertiary alicyclic amines) is 1. The number of aromatic amines is 1. The normalized spacial score (nSPS) is 20.1. The lowest BCUT2D eigenvalue weighted by Crippen LogP contribution is -2.54. The molecular formula is C32H38N6O7. The number of aromatic nitrogens is 2. The molecule has 238 valence electrons. The lowest BCUT2D eigenvalue weighted by molar-refractivity contribution is -0.153. The summed E-state index contributed by atoms with van der Waals surface area (Å²) < 4.78 is 10.8. The maximum Gasteiger partial charge on any atom is 0.328 e. The van der Waals surface area contributed by atoms with Crippen molar-refractivity contribution in [1.82, 2.24) is 25.5 Å². The summed E-state index contributed by atoms with van der Waals surface area (Å²) in [6.07, 6.45) is 5.70. The van der Waals surface area contributed by atoms with Crippen LogP contribution in [0.15, 0.2) is 55.0 Å². The number of carbonyl (C=O) groups is 5. The number of hydrogen-bond donors (Lipinski definition) is 3. The quantitative estimate of drug-likeness (QED) is 0.270. The fourth-order valence-electron chi connectivity index (χ4n) is 6.22. The Balaban J connectivity index is 1.29. The molecule has 2 aliphatic heterocycles. The Morgan fingerprint density at radius 3 is 2.56 bits per heavy atom. The smallest absolute Gasteiger partial charge is 0.328 e. The second-order valence-corrected chi connectivity index (χ2v) is 11.2. The Labute approximate surface area is 260 Å². The summed E-state index contributed by atoms with van der Waals surface area (Å²) in [5.74, 6) is -2.25. The van der Waals surface area contributed by atoms with E-state index in [0.29, 0.717) is 38.0 Å². The summed E-state index contributed by atoms with van der Waals surface area (Å²) in [4.78, 5) is 75.4. The predicted molar refractivity (Wildman–Crippen MR) is 164 cm³/mol. The van der Waals surface area contributed by atoms with Crippen LogP contribution in [0, 0.1) is 0 Å². The summed E-state index contributed by atoms with van der Waals surface area (Å²) in [5.41, 5.74) is 2.45. The SMILES string of the molecule is CNC(=O)[C@@H]1CCCN1C(=O)CCC(=O)O[C@H]1CCN(c2ccncc2)[C@@H]1C(=O)N[C@@H](Cc1c[nH]c2ccccc12)C(=O)OC. The molecule has 0 spiro atoms. The highest BCUT2D eigenvalue weighted by Crippen LogP contribution is 2.29. The molecule has 0 radical (unpaired) electrons. The number of ether oxygens (including phenoxy) is 2. The molecule has 2 aromatic heterocycles. The first-order valence-electron chi connectivity index (χ1n) is 15.1. The summed E-state index contributed by atoms with van der Waals surface area (Å²) in [6, 6.07) is 8.69. The van der Waals surface area contributed by atoms with Gasteiger partial charge in [0.15, 0.2) is 0 Å². The molecule has 0 bridgehead atoms. The monoisotopic (exact) mass is 618 g/mol. The molecule has 4 atom stereocenters. The first kappa shape index (κ1) is 31.5. The molecule has 0 unspecified atom stereocenters. The van der Waals surface area contributed by atoms with E-state index in [1.165, 1.54) is 19.1 Å². The van der Waals surface area contributed by atoms with Crippen LogP contribution in [0.3, 0.4) is 0 Å². The van der Waals surface area contributed by atoms with E-state index in [4.69, 9.17) is 9.47 Å².